The summed E-state index contributed by atoms with van der Waals surface area (Å²) in [6.45, 7) is 5.20. The van der Waals surface area contributed by atoms with Crippen molar-refractivity contribution in [1.29, 1.82) is 0 Å². The molecule has 0 spiro atoms. The molecular weight excluding hydrogens is 257 g/mol. The van der Waals surface area contributed by atoms with Gasteiger partial charge in [-0.2, -0.15) is 0 Å². The van der Waals surface area contributed by atoms with Gasteiger partial charge in [0, 0.05) is 10.9 Å². The van der Waals surface area contributed by atoms with Gasteiger partial charge in [-0.25, -0.2) is 4.39 Å². The topological polar surface area (TPSA) is 12.0 Å². The molecule has 0 aliphatic carbocycles. The Labute approximate surface area is 118 Å². The molecule has 2 aromatic rings. The van der Waals surface area contributed by atoms with E-state index in [4.69, 9.17) is 0 Å². The molecule has 2 rings (SSSR count). The van der Waals surface area contributed by atoms with Gasteiger partial charge in [0.15, 0.2) is 0 Å². The predicted octanol–water partition coefficient (Wildman–Crippen LogP) is 4.34. The van der Waals surface area contributed by atoms with Crippen molar-refractivity contribution in [1.82, 2.24) is 5.32 Å². The number of nitrogens with one attached hydrogen (secondary N) is 1. The molecule has 0 amide bonds. The molecule has 1 aromatic carbocycles. The predicted molar refractivity (Wildman–Crippen MR) is 80.2 cm³/mol. The van der Waals surface area contributed by atoms with Crippen LogP contribution in [0.4, 0.5) is 4.39 Å². The van der Waals surface area contributed by atoms with Gasteiger partial charge in [-0.1, -0.05) is 26.0 Å². The Morgan fingerprint density at radius 3 is 2.79 bits per heavy atom. The van der Waals surface area contributed by atoms with E-state index in [1.54, 1.807) is 23.5 Å². The lowest BCUT2D eigenvalue weighted by atomic mass is 10.0. The maximum atomic E-state index is 13.3. The van der Waals surface area contributed by atoms with E-state index in [1.807, 2.05) is 6.07 Å². The third kappa shape index (κ3) is 3.64. The molecule has 0 aliphatic rings. The highest BCUT2D eigenvalue weighted by Crippen LogP contribution is 2.28. The van der Waals surface area contributed by atoms with Gasteiger partial charge in [0.05, 0.1) is 0 Å². The molecule has 0 saturated carbocycles. The zero-order chi connectivity index (χ0) is 13.7. The van der Waals surface area contributed by atoms with Crippen LogP contribution in [0.2, 0.25) is 0 Å². The van der Waals surface area contributed by atoms with E-state index in [0.717, 1.165) is 24.9 Å². The van der Waals surface area contributed by atoms with E-state index < -0.39 is 0 Å². The van der Waals surface area contributed by atoms with Crippen LogP contribution in [-0.4, -0.2) is 6.54 Å². The number of thiophene rings is 1. The standard InChI is InChI=1S/C16H20FNS/c1-3-13-8-9-19-16(13)15(18-4-2)11-12-6-5-7-14(17)10-12/h5-10,15,18H,3-4,11H2,1-2H3. The molecule has 1 aromatic heterocycles. The Balaban J connectivity index is 2.21. The average molecular weight is 277 g/mol. The normalized spacial score (nSPS) is 12.6. The number of hydrogen-bond acceptors (Lipinski definition) is 2. The van der Waals surface area contributed by atoms with Crippen molar-refractivity contribution in [2.24, 2.45) is 0 Å². The fraction of sp³-hybridized carbons (Fsp3) is 0.375. The first-order chi connectivity index (χ1) is 9.24. The van der Waals surface area contributed by atoms with Crippen LogP contribution in [0.25, 0.3) is 0 Å². The van der Waals surface area contributed by atoms with Crippen molar-refractivity contribution in [3.05, 3.63) is 57.5 Å². The Morgan fingerprint density at radius 2 is 2.11 bits per heavy atom. The molecule has 1 nitrogen and oxygen atoms in total. The minimum Gasteiger partial charge on any atom is -0.309 e. The summed E-state index contributed by atoms with van der Waals surface area (Å²) in [5.74, 6) is -0.158. The Kier molecular flexibility index (Phi) is 5.11. The SMILES string of the molecule is CCNC(Cc1cccc(F)c1)c1sccc1CC. The van der Waals surface area contributed by atoms with Gasteiger partial charge < -0.3 is 5.32 Å². The third-order valence-corrected chi connectivity index (χ3v) is 4.33. The maximum absolute atomic E-state index is 13.3. The first kappa shape index (κ1) is 14.2. The van der Waals surface area contributed by atoms with E-state index in [2.05, 4.69) is 30.6 Å². The van der Waals surface area contributed by atoms with Gasteiger partial charge in [-0.15, -0.1) is 11.3 Å². The van der Waals surface area contributed by atoms with E-state index in [9.17, 15) is 4.39 Å². The largest absolute Gasteiger partial charge is 0.309 e. The van der Waals surface area contributed by atoms with E-state index in [0.29, 0.717) is 0 Å². The van der Waals surface area contributed by atoms with Gasteiger partial charge in [0.2, 0.25) is 0 Å². The molecule has 1 atom stereocenters. The molecule has 1 heterocycles. The number of aryl methyl sites for hydroxylation is 1. The van der Waals surface area contributed by atoms with E-state index in [-0.39, 0.29) is 11.9 Å². The average Bonchev–Trinajstić information content (AvgIpc) is 2.86. The van der Waals surface area contributed by atoms with Gasteiger partial charge in [-0.3, -0.25) is 0 Å². The van der Waals surface area contributed by atoms with Crippen LogP contribution >= 0.6 is 11.3 Å². The molecule has 0 radical (unpaired) electrons. The molecule has 0 saturated heterocycles. The lowest BCUT2D eigenvalue weighted by molar-refractivity contribution is 0.551. The van der Waals surface area contributed by atoms with E-state index in [1.165, 1.54) is 16.5 Å². The molecule has 0 bridgehead atoms. The zero-order valence-corrected chi connectivity index (χ0v) is 12.3. The summed E-state index contributed by atoms with van der Waals surface area (Å²) in [7, 11) is 0. The van der Waals surface area contributed by atoms with Crippen LogP contribution in [0.5, 0.6) is 0 Å². The zero-order valence-electron chi connectivity index (χ0n) is 11.4. The number of benzene rings is 1. The molecule has 102 valence electrons. The second kappa shape index (κ2) is 6.83. The highest BCUT2D eigenvalue weighted by atomic mass is 32.1. The first-order valence-corrected chi connectivity index (χ1v) is 7.66. The summed E-state index contributed by atoms with van der Waals surface area (Å²) >= 11 is 1.79. The second-order valence-corrected chi connectivity index (χ2v) is 5.56. The van der Waals surface area contributed by atoms with Gasteiger partial charge >= 0.3 is 0 Å². The molecular formula is C16H20FNS. The minimum atomic E-state index is -0.158. The molecule has 19 heavy (non-hydrogen) atoms. The van der Waals surface area contributed by atoms with Gasteiger partial charge in [-0.05, 0) is 54.1 Å². The fourth-order valence-electron chi connectivity index (χ4n) is 2.35. The van der Waals surface area contributed by atoms with Crippen molar-refractivity contribution in [3.63, 3.8) is 0 Å². The van der Waals surface area contributed by atoms with Crippen LogP contribution in [0.1, 0.15) is 35.9 Å². The summed E-state index contributed by atoms with van der Waals surface area (Å²) in [6.07, 6.45) is 1.88. The van der Waals surface area contributed by atoms with Crippen LogP contribution in [0.15, 0.2) is 35.7 Å². The highest BCUT2D eigenvalue weighted by Gasteiger charge is 2.16. The minimum absolute atomic E-state index is 0.158. The number of likely N-dealkylation sites (N-methyl/N-ethyl adjacent to an activating group) is 1. The lowest BCUT2D eigenvalue weighted by Crippen LogP contribution is -2.23. The van der Waals surface area contributed by atoms with Crippen LogP contribution in [-0.2, 0) is 12.8 Å². The van der Waals surface area contributed by atoms with Crippen molar-refractivity contribution in [3.8, 4) is 0 Å². The van der Waals surface area contributed by atoms with Crippen molar-refractivity contribution in [2.75, 3.05) is 6.54 Å². The monoisotopic (exact) mass is 277 g/mol. The first-order valence-electron chi connectivity index (χ1n) is 6.78. The summed E-state index contributed by atoms with van der Waals surface area (Å²) in [6, 6.07) is 9.37. The fourth-order valence-corrected chi connectivity index (χ4v) is 3.42. The van der Waals surface area contributed by atoms with Crippen molar-refractivity contribution < 1.29 is 4.39 Å². The lowest BCUT2D eigenvalue weighted by Gasteiger charge is -2.18. The Bertz CT molecular complexity index is 521. The summed E-state index contributed by atoms with van der Waals surface area (Å²) in [4.78, 5) is 1.38. The van der Waals surface area contributed by atoms with Gasteiger partial charge in [0.25, 0.3) is 0 Å². The Morgan fingerprint density at radius 1 is 1.26 bits per heavy atom. The van der Waals surface area contributed by atoms with Crippen molar-refractivity contribution in [2.45, 2.75) is 32.7 Å². The summed E-state index contributed by atoms with van der Waals surface area (Å²) in [5, 5.41) is 5.66. The second-order valence-electron chi connectivity index (χ2n) is 4.61. The smallest absolute Gasteiger partial charge is 0.123 e. The molecule has 1 N–H and O–H groups in total. The van der Waals surface area contributed by atoms with Gasteiger partial charge in [0.1, 0.15) is 5.82 Å². The third-order valence-electron chi connectivity index (χ3n) is 3.26. The maximum Gasteiger partial charge on any atom is 0.123 e. The highest BCUT2D eigenvalue weighted by molar-refractivity contribution is 7.10. The van der Waals surface area contributed by atoms with Crippen LogP contribution < -0.4 is 5.32 Å². The van der Waals surface area contributed by atoms with Crippen LogP contribution in [0, 0.1) is 5.82 Å². The Hall–Kier alpha value is -1.19. The quantitative estimate of drug-likeness (QED) is 0.828. The summed E-state index contributed by atoms with van der Waals surface area (Å²) in [5.41, 5.74) is 2.44. The number of halogens is 1. The number of rotatable bonds is 6. The number of hydrogen-bond donors (Lipinski definition) is 1. The van der Waals surface area contributed by atoms with Crippen molar-refractivity contribution >= 4 is 11.3 Å². The summed E-state index contributed by atoms with van der Waals surface area (Å²) < 4.78 is 13.3. The van der Waals surface area contributed by atoms with E-state index >= 15 is 0 Å². The molecule has 1 unspecified atom stereocenters. The molecule has 0 fully saturated rings. The van der Waals surface area contributed by atoms with Crippen LogP contribution in [0.3, 0.4) is 0 Å². The molecule has 3 heteroatoms. The molecule has 0 aliphatic heterocycles.